The number of rotatable bonds is 1. The van der Waals surface area contributed by atoms with Crippen molar-refractivity contribution in [2.45, 2.75) is 0 Å². The standard InChI is InChI=1S/C10H8N/c1-2-4-9-5-3-6-10(7-9)8-11/h2-7H,1H2/b4-2+. The smallest absolute Gasteiger partial charge is 0.0991 e. The Morgan fingerprint density at radius 2 is 2.27 bits per heavy atom. The monoisotopic (exact) mass is 142 g/mol. The van der Waals surface area contributed by atoms with Crippen LogP contribution in [0.2, 0.25) is 0 Å². The quantitative estimate of drug-likeness (QED) is 0.590. The fraction of sp³-hybridized carbons (Fsp3) is 0. The van der Waals surface area contributed by atoms with Gasteiger partial charge in [0, 0.05) is 0 Å². The van der Waals surface area contributed by atoms with E-state index < -0.39 is 0 Å². The van der Waals surface area contributed by atoms with Crippen molar-refractivity contribution < 1.29 is 0 Å². The minimum atomic E-state index is 0.681. The van der Waals surface area contributed by atoms with E-state index in [4.69, 9.17) is 5.26 Å². The molecule has 0 saturated carbocycles. The zero-order valence-corrected chi connectivity index (χ0v) is 6.12. The van der Waals surface area contributed by atoms with Crippen molar-refractivity contribution in [2.24, 2.45) is 0 Å². The average Bonchev–Trinajstić information content (AvgIpc) is 2.06. The minimum absolute atomic E-state index is 0.681. The molecule has 0 saturated heterocycles. The molecule has 0 unspecified atom stereocenters. The van der Waals surface area contributed by atoms with E-state index in [0.717, 1.165) is 5.56 Å². The molecule has 1 radical (unpaired) electrons. The third-order valence-electron chi connectivity index (χ3n) is 1.33. The van der Waals surface area contributed by atoms with Gasteiger partial charge in [0.25, 0.3) is 0 Å². The van der Waals surface area contributed by atoms with Crippen molar-refractivity contribution in [3.63, 3.8) is 0 Å². The molecule has 1 aromatic rings. The van der Waals surface area contributed by atoms with Gasteiger partial charge >= 0.3 is 0 Å². The predicted molar refractivity (Wildman–Crippen MR) is 45.5 cm³/mol. The highest BCUT2D eigenvalue weighted by molar-refractivity contribution is 5.52. The maximum atomic E-state index is 8.54. The number of nitrogens with zero attached hydrogens (tertiary/aromatic N) is 1. The molecule has 1 aromatic carbocycles. The van der Waals surface area contributed by atoms with E-state index in [0.29, 0.717) is 5.56 Å². The number of hydrogen-bond acceptors (Lipinski definition) is 1. The summed E-state index contributed by atoms with van der Waals surface area (Å²) in [5, 5.41) is 8.54. The first kappa shape index (κ1) is 7.56. The van der Waals surface area contributed by atoms with Gasteiger partial charge in [0.2, 0.25) is 0 Å². The molecule has 0 atom stereocenters. The molecule has 0 N–H and O–H groups in total. The second kappa shape index (κ2) is 3.58. The van der Waals surface area contributed by atoms with Crippen molar-refractivity contribution in [3.05, 3.63) is 48.4 Å². The lowest BCUT2D eigenvalue weighted by Crippen LogP contribution is -1.74. The second-order valence-electron chi connectivity index (χ2n) is 2.14. The van der Waals surface area contributed by atoms with Crippen LogP contribution in [-0.2, 0) is 0 Å². The van der Waals surface area contributed by atoms with Crippen molar-refractivity contribution in [3.8, 4) is 6.07 Å². The molecule has 11 heavy (non-hydrogen) atoms. The van der Waals surface area contributed by atoms with Crippen LogP contribution in [0.1, 0.15) is 11.1 Å². The van der Waals surface area contributed by atoms with E-state index >= 15 is 0 Å². The number of nitriles is 1. The van der Waals surface area contributed by atoms with Crippen LogP contribution in [0.3, 0.4) is 0 Å². The Bertz CT molecular complexity index is 305. The summed E-state index contributed by atoms with van der Waals surface area (Å²) in [6, 6.07) is 9.46. The van der Waals surface area contributed by atoms with Crippen molar-refractivity contribution >= 4 is 6.08 Å². The lowest BCUT2D eigenvalue weighted by Gasteiger charge is -1.91. The second-order valence-corrected chi connectivity index (χ2v) is 2.14. The zero-order chi connectivity index (χ0) is 8.10. The van der Waals surface area contributed by atoms with Gasteiger partial charge < -0.3 is 0 Å². The molecule has 0 amide bonds. The van der Waals surface area contributed by atoms with E-state index in [1.54, 1.807) is 12.1 Å². The van der Waals surface area contributed by atoms with Gasteiger partial charge in [-0.1, -0.05) is 24.3 Å². The van der Waals surface area contributed by atoms with Gasteiger partial charge in [-0.3, -0.25) is 0 Å². The van der Waals surface area contributed by atoms with Crippen LogP contribution in [0, 0.1) is 18.3 Å². The molecule has 0 bridgehead atoms. The van der Waals surface area contributed by atoms with E-state index in [1.807, 2.05) is 24.3 Å². The molecule has 1 nitrogen and oxygen atoms in total. The maximum Gasteiger partial charge on any atom is 0.0991 e. The number of hydrogen-bond donors (Lipinski definition) is 0. The molecule has 0 aliphatic carbocycles. The van der Waals surface area contributed by atoms with Crippen LogP contribution in [0.25, 0.3) is 6.08 Å². The molecule has 0 aliphatic heterocycles. The van der Waals surface area contributed by atoms with Gasteiger partial charge in [-0.05, 0) is 24.6 Å². The highest BCUT2D eigenvalue weighted by Gasteiger charge is 1.88. The summed E-state index contributed by atoms with van der Waals surface area (Å²) in [4.78, 5) is 0. The predicted octanol–water partition coefficient (Wildman–Crippen LogP) is 2.41. The Morgan fingerprint density at radius 1 is 1.45 bits per heavy atom. The first-order valence-electron chi connectivity index (χ1n) is 3.33. The molecular formula is C10H8N. The third-order valence-corrected chi connectivity index (χ3v) is 1.33. The summed E-state index contributed by atoms with van der Waals surface area (Å²) in [5.74, 6) is 0. The molecular weight excluding hydrogens is 134 g/mol. The SMILES string of the molecule is [CH2]/C=C/c1cccc(C#N)c1. The van der Waals surface area contributed by atoms with E-state index in [2.05, 4.69) is 13.0 Å². The summed E-state index contributed by atoms with van der Waals surface area (Å²) in [7, 11) is 0. The summed E-state index contributed by atoms with van der Waals surface area (Å²) in [6.07, 6.45) is 3.57. The van der Waals surface area contributed by atoms with E-state index in [1.165, 1.54) is 0 Å². The molecule has 0 fully saturated rings. The van der Waals surface area contributed by atoms with Crippen LogP contribution >= 0.6 is 0 Å². The molecule has 1 heteroatoms. The lowest BCUT2D eigenvalue weighted by molar-refractivity contribution is 1.48. The van der Waals surface area contributed by atoms with Gasteiger partial charge in [-0.25, -0.2) is 0 Å². The van der Waals surface area contributed by atoms with Crippen LogP contribution in [0.15, 0.2) is 30.3 Å². The van der Waals surface area contributed by atoms with Gasteiger partial charge in [0.15, 0.2) is 0 Å². The van der Waals surface area contributed by atoms with Gasteiger partial charge in [-0.15, -0.1) is 0 Å². The lowest BCUT2D eigenvalue weighted by atomic mass is 10.1. The Kier molecular flexibility index (Phi) is 2.46. The Hall–Kier alpha value is -1.55. The highest BCUT2D eigenvalue weighted by atomic mass is 14.2. The zero-order valence-electron chi connectivity index (χ0n) is 6.12. The van der Waals surface area contributed by atoms with Gasteiger partial charge in [0.05, 0.1) is 11.6 Å². The summed E-state index contributed by atoms with van der Waals surface area (Å²) in [5.41, 5.74) is 1.69. The normalized spacial score (nSPS) is 9.82. The van der Waals surface area contributed by atoms with Crippen molar-refractivity contribution in [1.29, 1.82) is 5.26 Å². The Balaban J connectivity index is 3.03. The van der Waals surface area contributed by atoms with Crippen molar-refractivity contribution in [1.82, 2.24) is 0 Å². The fourth-order valence-corrected chi connectivity index (χ4v) is 0.848. The molecule has 53 valence electrons. The molecule has 0 aromatic heterocycles. The highest BCUT2D eigenvalue weighted by Crippen LogP contribution is 2.05. The van der Waals surface area contributed by atoms with Crippen LogP contribution in [0.5, 0.6) is 0 Å². The largest absolute Gasteiger partial charge is 0.192 e. The molecule has 1 rings (SSSR count). The van der Waals surface area contributed by atoms with Crippen LogP contribution < -0.4 is 0 Å². The van der Waals surface area contributed by atoms with Crippen molar-refractivity contribution in [2.75, 3.05) is 0 Å². The average molecular weight is 142 g/mol. The molecule has 0 heterocycles. The van der Waals surface area contributed by atoms with E-state index in [9.17, 15) is 0 Å². The van der Waals surface area contributed by atoms with Crippen LogP contribution in [-0.4, -0.2) is 0 Å². The number of benzene rings is 1. The number of allylic oxidation sites excluding steroid dienone is 1. The minimum Gasteiger partial charge on any atom is -0.192 e. The van der Waals surface area contributed by atoms with Gasteiger partial charge in [0.1, 0.15) is 0 Å². The Morgan fingerprint density at radius 3 is 2.91 bits per heavy atom. The van der Waals surface area contributed by atoms with E-state index in [-0.39, 0.29) is 0 Å². The summed E-state index contributed by atoms with van der Waals surface area (Å²) in [6.45, 7) is 3.57. The summed E-state index contributed by atoms with van der Waals surface area (Å²) < 4.78 is 0. The first-order valence-corrected chi connectivity index (χ1v) is 3.33. The van der Waals surface area contributed by atoms with Crippen LogP contribution in [0.4, 0.5) is 0 Å². The maximum absolute atomic E-state index is 8.54. The topological polar surface area (TPSA) is 23.8 Å². The fourth-order valence-electron chi connectivity index (χ4n) is 0.848. The molecule has 0 spiro atoms. The third kappa shape index (κ3) is 1.94. The first-order chi connectivity index (χ1) is 5.36. The summed E-state index contributed by atoms with van der Waals surface area (Å²) >= 11 is 0. The molecule has 0 aliphatic rings. The van der Waals surface area contributed by atoms with Gasteiger partial charge in [-0.2, -0.15) is 5.26 Å². The Labute approximate surface area is 66.6 Å².